The average molecular weight is 332 g/mol. The number of morpholine rings is 1. The first-order valence-corrected chi connectivity index (χ1v) is 9.22. The van der Waals surface area contributed by atoms with Gasteiger partial charge in [0.15, 0.2) is 0 Å². The highest BCUT2D eigenvalue weighted by molar-refractivity contribution is 5.80. The van der Waals surface area contributed by atoms with Gasteiger partial charge in [-0.25, -0.2) is 4.98 Å². The molecule has 3 heterocycles. The van der Waals surface area contributed by atoms with Crippen LogP contribution in [0.15, 0.2) is 12.5 Å². The quantitative estimate of drug-likeness (QED) is 0.836. The number of aromatic nitrogens is 2. The van der Waals surface area contributed by atoms with Crippen LogP contribution in [0.2, 0.25) is 0 Å². The van der Waals surface area contributed by atoms with E-state index in [1.807, 2.05) is 17.4 Å². The first-order chi connectivity index (χ1) is 11.7. The predicted molar refractivity (Wildman–Crippen MR) is 90.3 cm³/mol. The molecule has 24 heavy (non-hydrogen) atoms. The number of hydrogen-bond donors (Lipinski definition) is 0. The molecular formula is C18H28N4O2. The molecule has 0 radical (unpaired) electrons. The van der Waals surface area contributed by atoms with Crippen LogP contribution in [0.5, 0.6) is 0 Å². The van der Waals surface area contributed by atoms with Gasteiger partial charge in [-0.3, -0.25) is 9.69 Å². The highest BCUT2D eigenvalue weighted by Crippen LogP contribution is 2.50. The summed E-state index contributed by atoms with van der Waals surface area (Å²) >= 11 is 0. The monoisotopic (exact) mass is 332 g/mol. The van der Waals surface area contributed by atoms with E-state index >= 15 is 0 Å². The van der Waals surface area contributed by atoms with E-state index in [1.54, 1.807) is 0 Å². The van der Waals surface area contributed by atoms with Crippen LogP contribution in [0.1, 0.15) is 31.4 Å². The minimum absolute atomic E-state index is 0.202. The van der Waals surface area contributed by atoms with Gasteiger partial charge in [-0.15, -0.1) is 0 Å². The summed E-state index contributed by atoms with van der Waals surface area (Å²) in [6, 6.07) is 0. The summed E-state index contributed by atoms with van der Waals surface area (Å²) in [6.07, 6.45) is 8.44. The minimum Gasteiger partial charge on any atom is -0.378 e. The van der Waals surface area contributed by atoms with Crippen molar-refractivity contribution in [2.45, 2.75) is 32.2 Å². The Balaban J connectivity index is 1.44. The number of likely N-dealkylation sites (tertiary alicyclic amines) is 1. The topological polar surface area (TPSA) is 50.6 Å². The van der Waals surface area contributed by atoms with Gasteiger partial charge in [-0.05, 0) is 31.2 Å². The first kappa shape index (κ1) is 16.1. The van der Waals surface area contributed by atoms with E-state index in [2.05, 4.69) is 21.5 Å². The molecule has 1 spiro atoms. The van der Waals surface area contributed by atoms with Crippen LogP contribution in [-0.2, 0) is 23.1 Å². The van der Waals surface area contributed by atoms with E-state index in [0.29, 0.717) is 19.1 Å². The maximum Gasteiger partial charge on any atom is 0.226 e. The molecule has 3 fully saturated rings. The third-order valence-corrected chi connectivity index (χ3v) is 6.29. The fourth-order valence-electron chi connectivity index (χ4n) is 4.90. The zero-order chi connectivity index (χ0) is 16.6. The molecule has 0 bridgehead atoms. The van der Waals surface area contributed by atoms with Crippen molar-refractivity contribution < 1.29 is 9.53 Å². The van der Waals surface area contributed by atoms with Gasteiger partial charge in [-0.1, -0.05) is 6.42 Å². The lowest BCUT2D eigenvalue weighted by atomic mass is 9.76. The maximum atomic E-state index is 13.1. The third-order valence-electron chi connectivity index (χ3n) is 6.29. The summed E-state index contributed by atoms with van der Waals surface area (Å²) in [6.45, 7) is 6.01. The van der Waals surface area contributed by atoms with Crippen LogP contribution < -0.4 is 0 Å². The van der Waals surface area contributed by atoms with Gasteiger partial charge in [-0.2, -0.15) is 0 Å². The lowest BCUT2D eigenvalue weighted by molar-refractivity contribution is -0.143. The molecule has 6 nitrogen and oxygen atoms in total. The van der Waals surface area contributed by atoms with Gasteiger partial charge in [0.1, 0.15) is 0 Å². The van der Waals surface area contributed by atoms with Gasteiger partial charge in [0.2, 0.25) is 5.91 Å². The molecule has 0 N–H and O–H groups in total. The van der Waals surface area contributed by atoms with E-state index in [0.717, 1.165) is 45.6 Å². The summed E-state index contributed by atoms with van der Waals surface area (Å²) in [5, 5.41) is 0. The molecule has 1 aliphatic carbocycles. The Morgan fingerprint density at radius 2 is 2.17 bits per heavy atom. The SMILES string of the molecule is Cn1cncc1CN1CCC2(CCCC2C(=O)N2CCOCC2)C1. The molecule has 1 saturated carbocycles. The zero-order valence-electron chi connectivity index (χ0n) is 14.6. The van der Waals surface area contributed by atoms with Gasteiger partial charge in [0.05, 0.1) is 25.2 Å². The van der Waals surface area contributed by atoms with Crippen molar-refractivity contribution >= 4 is 5.91 Å². The Morgan fingerprint density at radius 1 is 1.33 bits per heavy atom. The Labute approximate surface area is 143 Å². The normalized spacial score (nSPS) is 31.2. The highest BCUT2D eigenvalue weighted by Gasteiger charge is 2.51. The van der Waals surface area contributed by atoms with Crippen molar-refractivity contribution in [3.8, 4) is 0 Å². The van der Waals surface area contributed by atoms with Crippen molar-refractivity contribution in [1.29, 1.82) is 0 Å². The summed E-state index contributed by atoms with van der Waals surface area (Å²) in [7, 11) is 2.05. The lowest BCUT2D eigenvalue weighted by Gasteiger charge is -2.36. The Kier molecular flexibility index (Phi) is 4.35. The summed E-state index contributed by atoms with van der Waals surface area (Å²) in [5.41, 5.74) is 1.45. The zero-order valence-corrected chi connectivity index (χ0v) is 14.6. The predicted octanol–water partition coefficient (Wildman–Crippen LogP) is 1.27. The summed E-state index contributed by atoms with van der Waals surface area (Å²) in [5.74, 6) is 0.602. The fourth-order valence-corrected chi connectivity index (χ4v) is 4.90. The first-order valence-electron chi connectivity index (χ1n) is 9.22. The fraction of sp³-hybridized carbons (Fsp3) is 0.778. The molecule has 2 atom stereocenters. The molecule has 2 saturated heterocycles. The maximum absolute atomic E-state index is 13.1. The minimum atomic E-state index is 0.202. The van der Waals surface area contributed by atoms with Crippen LogP contribution >= 0.6 is 0 Å². The molecule has 132 valence electrons. The van der Waals surface area contributed by atoms with Crippen molar-refractivity contribution in [2.75, 3.05) is 39.4 Å². The van der Waals surface area contributed by atoms with Gasteiger partial charge >= 0.3 is 0 Å². The molecule has 3 aliphatic rings. The van der Waals surface area contributed by atoms with Gasteiger partial charge in [0, 0.05) is 45.3 Å². The molecule has 4 rings (SSSR count). The van der Waals surface area contributed by atoms with E-state index in [9.17, 15) is 4.79 Å². The second kappa shape index (κ2) is 6.48. The van der Waals surface area contributed by atoms with E-state index in [1.165, 1.54) is 18.5 Å². The summed E-state index contributed by atoms with van der Waals surface area (Å²) in [4.78, 5) is 21.9. The Hall–Kier alpha value is -1.40. The highest BCUT2D eigenvalue weighted by atomic mass is 16.5. The molecule has 1 aromatic heterocycles. The second-order valence-corrected chi connectivity index (χ2v) is 7.70. The number of ether oxygens (including phenoxy) is 1. The molecule has 2 unspecified atom stereocenters. The van der Waals surface area contributed by atoms with Crippen LogP contribution in [0.25, 0.3) is 0 Å². The Morgan fingerprint density at radius 3 is 2.92 bits per heavy atom. The molecule has 1 aromatic rings. The number of hydrogen-bond acceptors (Lipinski definition) is 4. The molecule has 1 amide bonds. The number of imidazole rings is 1. The van der Waals surface area contributed by atoms with Crippen LogP contribution in [0.3, 0.4) is 0 Å². The van der Waals surface area contributed by atoms with Crippen molar-refractivity contribution in [3.63, 3.8) is 0 Å². The van der Waals surface area contributed by atoms with Crippen molar-refractivity contribution in [3.05, 3.63) is 18.2 Å². The van der Waals surface area contributed by atoms with Crippen molar-refractivity contribution in [1.82, 2.24) is 19.4 Å². The smallest absolute Gasteiger partial charge is 0.226 e. The third kappa shape index (κ3) is 2.86. The lowest BCUT2D eigenvalue weighted by Crippen LogP contribution is -2.47. The number of carbonyl (C=O) groups excluding carboxylic acids is 1. The number of nitrogens with zero attached hydrogens (tertiary/aromatic N) is 4. The number of aryl methyl sites for hydroxylation is 1. The van der Waals surface area contributed by atoms with E-state index in [4.69, 9.17) is 4.74 Å². The second-order valence-electron chi connectivity index (χ2n) is 7.70. The van der Waals surface area contributed by atoms with E-state index in [-0.39, 0.29) is 11.3 Å². The van der Waals surface area contributed by atoms with Crippen LogP contribution in [0, 0.1) is 11.3 Å². The van der Waals surface area contributed by atoms with Crippen molar-refractivity contribution in [2.24, 2.45) is 18.4 Å². The standard InChI is InChI=1S/C18H28N4O2/c1-20-14-19-11-15(20)12-21-6-5-18(13-21)4-2-3-16(18)17(23)22-7-9-24-10-8-22/h11,14,16H,2-10,12-13H2,1H3. The molecule has 0 aromatic carbocycles. The number of amides is 1. The number of carbonyl (C=O) groups is 1. The van der Waals surface area contributed by atoms with E-state index < -0.39 is 0 Å². The van der Waals surface area contributed by atoms with Crippen LogP contribution in [-0.4, -0.2) is 64.7 Å². The number of rotatable bonds is 3. The van der Waals surface area contributed by atoms with Gasteiger partial charge in [0.25, 0.3) is 0 Å². The molecule has 6 heteroatoms. The molecule has 2 aliphatic heterocycles. The average Bonchev–Trinajstić information content (AvgIpc) is 3.31. The summed E-state index contributed by atoms with van der Waals surface area (Å²) < 4.78 is 7.50. The van der Waals surface area contributed by atoms with Gasteiger partial charge < -0.3 is 14.2 Å². The largest absolute Gasteiger partial charge is 0.378 e. The van der Waals surface area contributed by atoms with Crippen LogP contribution in [0.4, 0.5) is 0 Å². The molecular weight excluding hydrogens is 304 g/mol. The Bertz CT molecular complexity index is 596.